The van der Waals surface area contributed by atoms with Gasteiger partial charge in [0.1, 0.15) is 4.90 Å². The maximum absolute atomic E-state index is 10.7. The van der Waals surface area contributed by atoms with E-state index in [1.807, 2.05) is 6.92 Å². The van der Waals surface area contributed by atoms with Gasteiger partial charge < -0.3 is 14.4 Å². The highest BCUT2D eigenvalue weighted by molar-refractivity contribution is 7.98. The van der Waals surface area contributed by atoms with Crippen LogP contribution in [0.5, 0.6) is 5.88 Å². The SMILES string of the molecule is CCCCOc1noc(C(=O)O)c1SC. The van der Waals surface area contributed by atoms with E-state index in [1.165, 1.54) is 11.8 Å². The minimum absolute atomic E-state index is 0.158. The van der Waals surface area contributed by atoms with Gasteiger partial charge in [-0.05, 0) is 17.8 Å². The number of rotatable bonds is 6. The van der Waals surface area contributed by atoms with Crippen molar-refractivity contribution in [3.05, 3.63) is 5.76 Å². The lowest BCUT2D eigenvalue weighted by atomic mass is 10.4. The lowest BCUT2D eigenvalue weighted by molar-refractivity contribution is 0.0647. The number of unbranched alkanes of at least 4 members (excludes halogenated alkanes) is 1. The Labute approximate surface area is 91.8 Å². The first-order chi connectivity index (χ1) is 7.20. The molecule has 0 aliphatic heterocycles. The molecule has 1 aromatic heterocycles. The van der Waals surface area contributed by atoms with Gasteiger partial charge in [0, 0.05) is 0 Å². The molecule has 1 rings (SSSR count). The van der Waals surface area contributed by atoms with Gasteiger partial charge in [0.15, 0.2) is 0 Å². The van der Waals surface area contributed by atoms with E-state index in [2.05, 4.69) is 9.68 Å². The van der Waals surface area contributed by atoms with E-state index >= 15 is 0 Å². The van der Waals surface area contributed by atoms with Crippen molar-refractivity contribution in [3.8, 4) is 5.88 Å². The Kier molecular flexibility index (Phi) is 4.48. The number of aromatic carboxylic acids is 1. The van der Waals surface area contributed by atoms with E-state index in [0.717, 1.165) is 12.8 Å². The first kappa shape index (κ1) is 11.9. The Hall–Kier alpha value is -1.17. The van der Waals surface area contributed by atoms with Crippen molar-refractivity contribution in [3.63, 3.8) is 0 Å². The molecule has 0 aliphatic carbocycles. The summed E-state index contributed by atoms with van der Waals surface area (Å²) in [6, 6.07) is 0. The molecule has 0 bridgehead atoms. The van der Waals surface area contributed by atoms with E-state index in [9.17, 15) is 4.79 Å². The molecule has 0 atom stereocenters. The van der Waals surface area contributed by atoms with Crippen LogP contribution in [0, 0.1) is 0 Å². The normalized spacial score (nSPS) is 10.3. The van der Waals surface area contributed by atoms with Crippen LogP contribution >= 0.6 is 11.8 Å². The largest absolute Gasteiger partial charge is 0.475 e. The second-order valence-electron chi connectivity index (χ2n) is 2.86. The van der Waals surface area contributed by atoms with Gasteiger partial charge in [-0.15, -0.1) is 11.8 Å². The maximum Gasteiger partial charge on any atom is 0.376 e. The number of aromatic nitrogens is 1. The highest BCUT2D eigenvalue weighted by Gasteiger charge is 2.22. The van der Waals surface area contributed by atoms with Crippen molar-refractivity contribution in [1.29, 1.82) is 0 Å². The van der Waals surface area contributed by atoms with Crippen molar-refractivity contribution in [1.82, 2.24) is 5.16 Å². The quantitative estimate of drug-likeness (QED) is 0.598. The van der Waals surface area contributed by atoms with Gasteiger partial charge >= 0.3 is 5.97 Å². The van der Waals surface area contributed by atoms with Crippen LogP contribution in [-0.4, -0.2) is 29.1 Å². The van der Waals surface area contributed by atoms with Crippen molar-refractivity contribution >= 4 is 17.7 Å². The van der Waals surface area contributed by atoms with Crippen LogP contribution in [-0.2, 0) is 0 Å². The molecule has 1 aromatic rings. The third kappa shape index (κ3) is 2.89. The fraction of sp³-hybridized carbons (Fsp3) is 0.556. The minimum atomic E-state index is -1.13. The first-order valence-corrected chi connectivity index (χ1v) is 5.83. The molecule has 0 saturated carbocycles. The molecule has 6 heteroatoms. The van der Waals surface area contributed by atoms with Crippen molar-refractivity contribution in [2.75, 3.05) is 12.9 Å². The molecular formula is C9H13NO4S. The summed E-state index contributed by atoms with van der Waals surface area (Å²) in [6.07, 6.45) is 3.67. The molecule has 0 amide bonds. The third-order valence-corrected chi connectivity index (χ3v) is 2.52. The molecule has 0 spiro atoms. The molecule has 0 aliphatic rings. The van der Waals surface area contributed by atoms with E-state index < -0.39 is 5.97 Å². The fourth-order valence-corrected chi connectivity index (χ4v) is 1.57. The Bertz CT molecular complexity index is 337. The second-order valence-corrected chi connectivity index (χ2v) is 3.67. The summed E-state index contributed by atoms with van der Waals surface area (Å²) in [6.45, 7) is 2.57. The van der Waals surface area contributed by atoms with Gasteiger partial charge in [-0.1, -0.05) is 13.3 Å². The van der Waals surface area contributed by atoms with Gasteiger partial charge in [0.05, 0.1) is 6.61 Å². The molecule has 15 heavy (non-hydrogen) atoms. The summed E-state index contributed by atoms with van der Waals surface area (Å²) < 4.78 is 9.99. The molecule has 0 fully saturated rings. The number of nitrogens with zero attached hydrogens (tertiary/aromatic N) is 1. The zero-order valence-electron chi connectivity index (χ0n) is 8.65. The Morgan fingerprint density at radius 1 is 1.67 bits per heavy atom. The summed E-state index contributed by atoms with van der Waals surface area (Å²) in [5, 5.41) is 12.4. The molecule has 5 nitrogen and oxygen atoms in total. The van der Waals surface area contributed by atoms with Gasteiger partial charge in [-0.3, -0.25) is 0 Å². The average Bonchev–Trinajstić information content (AvgIpc) is 2.61. The van der Waals surface area contributed by atoms with Gasteiger partial charge in [-0.2, -0.15) is 0 Å². The number of hydrogen-bond donors (Lipinski definition) is 1. The molecule has 0 saturated heterocycles. The summed E-state index contributed by atoms with van der Waals surface area (Å²) in [5.74, 6) is -1.01. The van der Waals surface area contributed by atoms with E-state index in [1.54, 1.807) is 6.26 Å². The van der Waals surface area contributed by atoms with Crippen LogP contribution < -0.4 is 4.74 Å². The Morgan fingerprint density at radius 3 is 2.93 bits per heavy atom. The monoisotopic (exact) mass is 231 g/mol. The van der Waals surface area contributed by atoms with E-state index in [4.69, 9.17) is 9.84 Å². The number of carbonyl (C=O) groups is 1. The lowest BCUT2D eigenvalue weighted by Gasteiger charge is -2.01. The van der Waals surface area contributed by atoms with Gasteiger partial charge in [0.25, 0.3) is 11.6 Å². The number of hydrogen-bond acceptors (Lipinski definition) is 5. The highest BCUT2D eigenvalue weighted by atomic mass is 32.2. The molecule has 0 radical (unpaired) electrons. The van der Waals surface area contributed by atoms with Crippen LogP contribution in [0.2, 0.25) is 0 Å². The summed E-state index contributed by atoms with van der Waals surface area (Å²) in [4.78, 5) is 11.2. The minimum Gasteiger partial charge on any atom is -0.475 e. The molecule has 0 unspecified atom stereocenters. The Balaban J connectivity index is 2.75. The van der Waals surface area contributed by atoms with Crippen LogP contribution in [0.1, 0.15) is 30.3 Å². The van der Waals surface area contributed by atoms with Crippen LogP contribution in [0.15, 0.2) is 9.42 Å². The fourth-order valence-electron chi connectivity index (χ4n) is 0.988. The Morgan fingerprint density at radius 2 is 2.40 bits per heavy atom. The smallest absolute Gasteiger partial charge is 0.376 e. The zero-order valence-corrected chi connectivity index (χ0v) is 9.47. The van der Waals surface area contributed by atoms with Crippen LogP contribution in [0.25, 0.3) is 0 Å². The van der Waals surface area contributed by atoms with Crippen LogP contribution in [0.4, 0.5) is 0 Å². The predicted octanol–water partition coefficient (Wildman–Crippen LogP) is 2.27. The molecular weight excluding hydrogens is 218 g/mol. The van der Waals surface area contributed by atoms with Gasteiger partial charge in [-0.25, -0.2) is 4.79 Å². The van der Waals surface area contributed by atoms with Crippen molar-refractivity contribution < 1.29 is 19.2 Å². The van der Waals surface area contributed by atoms with E-state index in [-0.39, 0.29) is 11.6 Å². The summed E-state index contributed by atoms with van der Waals surface area (Å²) in [5.41, 5.74) is 0. The third-order valence-electron chi connectivity index (χ3n) is 1.76. The van der Waals surface area contributed by atoms with E-state index in [0.29, 0.717) is 11.5 Å². The number of thioether (sulfide) groups is 1. The summed E-state index contributed by atoms with van der Waals surface area (Å²) >= 11 is 1.25. The maximum atomic E-state index is 10.7. The average molecular weight is 231 g/mol. The first-order valence-electron chi connectivity index (χ1n) is 4.60. The molecule has 1 N–H and O–H groups in total. The number of carboxylic acids is 1. The molecule has 1 heterocycles. The highest BCUT2D eigenvalue weighted by Crippen LogP contribution is 2.30. The van der Waals surface area contributed by atoms with Crippen molar-refractivity contribution in [2.24, 2.45) is 0 Å². The lowest BCUT2D eigenvalue weighted by Crippen LogP contribution is -1.99. The zero-order chi connectivity index (χ0) is 11.3. The predicted molar refractivity (Wildman–Crippen MR) is 55.6 cm³/mol. The van der Waals surface area contributed by atoms with Gasteiger partial charge in [0.2, 0.25) is 0 Å². The van der Waals surface area contributed by atoms with Crippen molar-refractivity contribution in [2.45, 2.75) is 24.7 Å². The second kappa shape index (κ2) is 5.65. The number of ether oxygens (including phenoxy) is 1. The molecule has 84 valence electrons. The number of carboxylic acid groups (broad SMARTS) is 1. The standard InChI is InChI=1S/C9H13NO4S/c1-3-4-5-13-8-7(15-2)6(9(11)12)14-10-8/h3-5H2,1-2H3,(H,11,12). The topological polar surface area (TPSA) is 72.6 Å². The molecule has 0 aromatic carbocycles. The summed E-state index contributed by atoms with van der Waals surface area (Å²) in [7, 11) is 0. The van der Waals surface area contributed by atoms with Crippen LogP contribution in [0.3, 0.4) is 0 Å².